The Kier molecular flexibility index (Phi) is 7.56. The lowest BCUT2D eigenvalue weighted by Gasteiger charge is -2.22. The average Bonchev–Trinajstić information content (AvgIpc) is 2.65. The van der Waals surface area contributed by atoms with E-state index in [1.807, 2.05) is 24.0 Å². The number of benzene rings is 2. The zero-order chi connectivity index (χ0) is 20.7. The largest absolute Gasteiger partial charge is 0.508 e. The van der Waals surface area contributed by atoms with E-state index in [1.54, 1.807) is 31.2 Å². The van der Waals surface area contributed by atoms with Crippen LogP contribution in [0.4, 0.5) is 5.69 Å². The number of aromatic hydroxyl groups is 1. The minimum atomic E-state index is -3.60. The van der Waals surface area contributed by atoms with Crippen LogP contribution in [0.2, 0.25) is 0 Å². The van der Waals surface area contributed by atoms with Gasteiger partial charge in [0.1, 0.15) is 5.75 Å². The van der Waals surface area contributed by atoms with Gasteiger partial charge in [-0.25, -0.2) is 13.1 Å². The fraction of sp³-hybridized carbons (Fsp3) is 0.350. The highest BCUT2D eigenvalue weighted by atomic mass is 32.2. The zero-order valence-electron chi connectivity index (χ0n) is 16.4. The van der Waals surface area contributed by atoms with Gasteiger partial charge in [-0.2, -0.15) is 0 Å². The van der Waals surface area contributed by atoms with Gasteiger partial charge in [0.15, 0.2) is 0 Å². The number of para-hydroxylation sites is 1. The maximum Gasteiger partial charge on any atom is 0.240 e. The number of phenols is 1. The van der Waals surface area contributed by atoms with Crippen molar-refractivity contribution in [3.63, 3.8) is 0 Å². The second kappa shape index (κ2) is 9.68. The molecule has 0 aliphatic heterocycles. The molecule has 2 rings (SSSR count). The lowest BCUT2D eigenvalue weighted by atomic mass is 10.2. The van der Waals surface area contributed by atoms with E-state index < -0.39 is 10.0 Å². The van der Waals surface area contributed by atoms with Gasteiger partial charge in [-0.1, -0.05) is 31.2 Å². The number of anilines is 1. The van der Waals surface area contributed by atoms with Crippen molar-refractivity contribution in [3.05, 3.63) is 53.6 Å². The molecular weight excluding hydrogens is 378 g/mol. The summed E-state index contributed by atoms with van der Waals surface area (Å²) in [6.45, 7) is 4.98. The van der Waals surface area contributed by atoms with E-state index in [1.165, 1.54) is 13.1 Å². The molecule has 0 aliphatic carbocycles. The lowest BCUT2D eigenvalue weighted by Crippen LogP contribution is -2.33. The summed E-state index contributed by atoms with van der Waals surface area (Å²) in [6, 6.07) is 11.8. The second-order valence-electron chi connectivity index (χ2n) is 6.58. The first kappa shape index (κ1) is 21.9. The summed E-state index contributed by atoms with van der Waals surface area (Å²) in [5.41, 5.74) is 1.77. The minimum absolute atomic E-state index is 0.129. The van der Waals surface area contributed by atoms with E-state index in [4.69, 9.17) is 0 Å². The predicted octanol–water partition coefficient (Wildman–Crippen LogP) is 2.46. The number of aryl methyl sites for hydroxylation is 1. The summed E-state index contributed by atoms with van der Waals surface area (Å²) in [5, 5.41) is 12.7. The summed E-state index contributed by atoms with van der Waals surface area (Å²) in [7, 11) is -2.25. The van der Waals surface area contributed by atoms with Crippen LogP contribution in [0, 0.1) is 6.92 Å². The normalized spacial score (nSPS) is 11.6. The number of carbonyl (C=O) groups excluding carboxylic acids is 1. The molecule has 0 radical (unpaired) electrons. The van der Waals surface area contributed by atoms with E-state index in [-0.39, 0.29) is 23.1 Å². The van der Waals surface area contributed by atoms with Gasteiger partial charge in [-0.05, 0) is 50.7 Å². The molecule has 1 amide bonds. The highest BCUT2D eigenvalue weighted by molar-refractivity contribution is 7.89. The highest BCUT2D eigenvalue weighted by Crippen LogP contribution is 2.21. The van der Waals surface area contributed by atoms with Crippen molar-refractivity contribution in [1.82, 2.24) is 9.62 Å². The Morgan fingerprint density at radius 1 is 1.18 bits per heavy atom. The van der Waals surface area contributed by atoms with Crippen LogP contribution in [0.15, 0.2) is 47.4 Å². The van der Waals surface area contributed by atoms with Gasteiger partial charge in [0, 0.05) is 17.8 Å². The molecular formula is C20H27N3O4S. The maximum atomic E-state index is 12.5. The summed E-state index contributed by atoms with van der Waals surface area (Å²) >= 11 is 0. The average molecular weight is 406 g/mol. The van der Waals surface area contributed by atoms with Crippen molar-refractivity contribution in [2.75, 3.05) is 25.5 Å². The smallest absolute Gasteiger partial charge is 0.240 e. The molecule has 8 heteroatoms. The Hall–Kier alpha value is -2.42. The quantitative estimate of drug-likeness (QED) is 0.595. The molecule has 152 valence electrons. The van der Waals surface area contributed by atoms with Gasteiger partial charge < -0.3 is 10.4 Å². The van der Waals surface area contributed by atoms with Crippen molar-refractivity contribution in [2.45, 2.75) is 31.7 Å². The number of amides is 1. The Bertz CT molecular complexity index is 929. The molecule has 0 bridgehead atoms. The molecule has 0 heterocycles. The fourth-order valence-electron chi connectivity index (χ4n) is 2.90. The summed E-state index contributed by atoms with van der Waals surface area (Å²) in [6.07, 6.45) is 0.857. The van der Waals surface area contributed by atoms with Gasteiger partial charge in [-0.3, -0.25) is 9.69 Å². The standard InChI is InChI=1S/C20H27N3O4S/c1-4-11-23(13-16-7-5-6-8-18(16)24)14-20(25)22-17-10-9-15(2)19(12-17)28(26,27)21-3/h5-10,12,21,24H,4,11,13-14H2,1-3H3,(H,22,25). The predicted molar refractivity (Wildman–Crippen MR) is 110 cm³/mol. The van der Waals surface area contributed by atoms with E-state index in [9.17, 15) is 18.3 Å². The number of nitrogens with one attached hydrogen (secondary N) is 2. The molecule has 0 saturated heterocycles. The molecule has 0 saturated carbocycles. The van der Waals surface area contributed by atoms with Crippen molar-refractivity contribution >= 4 is 21.6 Å². The number of rotatable bonds is 9. The number of hydrogen-bond acceptors (Lipinski definition) is 5. The molecule has 3 N–H and O–H groups in total. The first-order valence-electron chi connectivity index (χ1n) is 9.10. The maximum absolute atomic E-state index is 12.5. The van der Waals surface area contributed by atoms with Gasteiger partial charge in [0.05, 0.1) is 11.4 Å². The van der Waals surface area contributed by atoms with E-state index in [2.05, 4.69) is 10.0 Å². The van der Waals surface area contributed by atoms with Crippen LogP contribution in [0.3, 0.4) is 0 Å². The summed E-state index contributed by atoms with van der Waals surface area (Å²) in [4.78, 5) is 14.6. The number of carbonyl (C=O) groups is 1. The van der Waals surface area contributed by atoms with Gasteiger partial charge in [0.2, 0.25) is 15.9 Å². The fourth-order valence-corrected chi connectivity index (χ4v) is 3.89. The van der Waals surface area contributed by atoms with E-state index in [0.717, 1.165) is 12.0 Å². The van der Waals surface area contributed by atoms with Crippen LogP contribution in [0.5, 0.6) is 5.75 Å². The minimum Gasteiger partial charge on any atom is -0.508 e. The molecule has 0 spiro atoms. The van der Waals surface area contributed by atoms with Crippen LogP contribution in [-0.4, -0.2) is 44.5 Å². The molecule has 0 unspecified atom stereocenters. The van der Waals surface area contributed by atoms with Crippen molar-refractivity contribution < 1.29 is 18.3 Å². The topological polar surface area (TPSA) is 98.7 Å². The van der Waals surface area contributed by atoms with E-state index >= 15 is 0 Å². The Morgan fingerprint density at radius 2 is 1.89 bits per heavy atom. The summed E-state index contributed by atoms with van der Waals surface area (Å²) < 4.78 is 26.5. The molecule has 0 aliphatic rings. The molecule has 28 heavy (non-hydrogen) atoms. The number of hydrogen-bond donors (Lipinski definition) is 3. The molecule has 0 fully saturated rings. The molecule has 2 aromatic carbocycles. The molecule has 7 nitrogen and oxygen atoms in total. The molecule has 2 aromatic rings. The monoisotopic (exact) mass is 405 g/mol. The number of phenolic OH excluding ortho intramolecular Hbond substituents is 1. The lowest BCUT2D eigenvalue weighted by molar-refractivity contribution is -0.117. The third kappa shape index (κ3) is 5.79. The van der Waals surface area contributed by atoms with Gasteiger partial charge >= 0.3 is 0 Å². The van der Waals surface area contributed by atoms with Crippen molar-refractivity contribution in [1.29, 1.82) is 0 Å². The van der Waals surface area contributed by atoms with Crippen LogP contribution in [-0.2, 0) is 21.4 Å². The second-order valence-corrected chi connectivity index (χ2v) is 8.43. The first-order chi connectivity index (χ1) is 13.3. The van der Waals surface area contributed by atoms with Crippen LogP contribution in [0.1, 0.15) is 24.5 Å². The van der Waals surface area contributed by atoms with Crippen molar-refractivity contribution in [3.8, 4) is 5.75 Å². The van der Waals surface area contributed by atoms with E-state index in [0.29, 0.717) is 24.3 Å². The zero-order valence-corrected chi connectivity index (χ0v) is 17.2. The van der Waals surface area contributed by atoms with Crippen molar-refractivity contribution in [2.24, 2.45) is 0 Å². The summed E-state index contributed by atoms with van der Waals surface area (Å²) in [5.74, 6) is -0.0509. The third-order valence-electron chi connectivity index (χ3n) is 4.32. The van der Waals surface area contributed by atoms with Gasteiger partial charge in [0.25, 0.3) is 0 Å². The van der Waals surface area contributed by atoms with Crippen LogP contribution >= 0.6 is 0 Å². The van der Waals surface area contributed by atoms with Gasteiger partial charge in [-0.15, -0.1) is 0 Å². The van der Waals surface area contributed by atoms with Crippen LogP contribution < -0.4 is 10.0 Å². The number of nitrogens with zero attached hydrogens (tertiary/aromatic N) is 1. The third-order valence-corrected chi connectivity index (χ3v) is 5.88. The molecule has 0 atom stereocenters. The number of sulfonamides is 1. The highest BCUT2D eigenvalue weighted by Gasteiger charge is 2.17. The molecule has 0 aromatic heterocycles. The Morgan fingerprint density at radius 3 is 2.54 bits per heavy atom. The Labute approximate surface area is 166 Å². The van der Waals surface area contributed by atoms with Crippen LogP contribution in [0.25, 0.3) is 0 Å². The SMILES string of the molecule is CCCN(CC(=O)Nc1ccc(C)c(S(=O)(=O)NC)c1)Cc1ccccc1O. The Balaban J connectivity index is 2.11. The first-order valence-corrected chi connectivity index (χ1v) is 10.6.